The molecule has 0 saturated carbocycles. The molecule has 0 radical (unpaired) electrons. The fraction of sp³-hybridized carbons (Fsp3) is 0.417. The zero-order valence-electron chi connectivity index (χ0n) is 11.0. The molecule has 1 atom stereocenters. The largest absolute Gasteiger partial charge is 0.351 e. The van der Waals surface area contributed by atoms with E-state index in [1.54, 1.807) is 0 Å². The Morgan fingerprint density at radius 2 is 2.30 bits per heavy atom. The van der Waals surface area contributed by atoms with Gasteiger partial charge in [-0.1, -0.05) is 6.92 Å². The number of nitrogens with zero attached hydrogens (tertiary/aromatic N) is 2. The maximum Gasteiger partial charge on any atom is 0.242 e. The van der Waals surface area contributed by atoms with Crippen LogP contribution in [0.5, 0.6) is 0 Å². The molecule has 108 valence electrons. The molecule has 0 saturated heterocycles. The van der Waals surface area contributed by atoms with Crippen LogP contribution in [-0.2, 0) is 14.8 Å². The molecule has 1 rings (SSSR count). The van der Waals surface area contributed by atoms with Crippen LogP contribution in [0.15, 0.2) is 29.4 Å². The Hall–Kier alpha value is -1.98. The fourth-order valence-electron chi connectivity index (χ4n) is 1.44. The molecule has 0 aliphatic carbocycles. The number of hydrogen-bond acceptors (Lipinski definition) is 5. The van der Waals surface area contributed by atoms with E-state index < -0.39 is 15.9 Å². The quantitative estimate of drug-likeness (QED) is 0.744. The summed E-state index contributed by atoms with van der Waals surface area (Å²) in [6, 6.07) is 4.57. The van der Waals surface area contributed by atoms with Gasteiger partial charge in [-0.3, -0.25) is 9.78 Å². The highest BCUT2D eigenvalue weighted by Crippen LogP contribution is 2.04. The van der Waals surface area contributed by atoms with E-state index in [0.717, 1.165) is 0 Å². The molecular formula is C12H16N4O3S. The molecule has 1 amide bonds. The smallest absolute Gasteiger partial charge is 0.242 e. The Kier molecular flexibility index (Phi) is 6.09. The predicted octanol–water partition coefficient (Wildman–Crippen LogP) is 0.168. The van der Waals surface area contributed by atoms with E-state index in [1.807, 2.05) is 13.0 Å². The minimum atomic E-state index is -3.75. The van der Waals surface area contributed by atoms with Crippen LogP contribution in [0.3, 0.4) is 0 Å². The molecule has 8 heteroatoms. The number of carbonyl (C=O) groups is 1. The molecule has 7 nitrogen and oxygen atoms in total. The molecule has 2 N–H and O–H groups in total. The molecule has 20 heavy (non-hydrogen) atoms. The lowest BCUT2D eigenvalue weighted by Crippen LogP contribution is -2.41. The monoisotopic (exact) mass is 296 g/mol. The number of amides is 1. The SMILES string of the molecule is CCC(CC#N)NC(=O)CNS(=O)(=O)c1cccnc1. The van der Waals surface area contributed by atoms with Gasteiger partial charge in [0.05, 0.1) is 19.0 Å². The number of nitriles is 1. The molecule has 1 aromatic heterocycles. The van der Waals surface area contributed by atoms with Crippen molar-refractivity contribution in [3.63, 3.8) is 0 Å². The maximum atomic E-state index is 11.8. The third-order valence-electron chi connectivity index (χ3n) is 2.56. The van der Waals surface area contributed by atoms with Crippen molar-refractivity contribution in [3.05, 3.63) is 24.5 Å². The van der Waals surface area contributed by atoms with Crippen LogP contribution in [0.25, 0.3) is 0 Å². The van der Waals surface area contributed by atoms with Gasteiger partial charge in [-0.15, -0.1) is 0 Å². The van der Waals surface area contributed by atoms with Gasteiger partial charge in [0.25, 0.3) is 0 Å². The summed E-state index contributed by atoms with van der Waals surface area (Å²) in [5, 5.41) is 11.2. The van der Waals surface area contributed by atoms with Crippen LogP contribution >= 0.6 is 0 Å². The average Bonchev–Trinajstić information content (AvgIpc) is 2.46. The average molecular weight is 296 g/mol. The molecule has 0 aliphatic heterocycles. The van der Waals surface area contributed by atoms with Gasteiger partial charge in [-0.05, 0) is 18.6 Å². The summed E-state index contributed by atoms with van der Waals surface area (Å²) in [5.74, 6) is -0.473. The summed E-state index contributed by atoms with van der Waals surface area (Å²) < 4.78 is 25.9. The van der Waals surface area contributed by atoms with Crippen LogP contribution in [0.1, 0.15) is 19.8 Å². The van der Waals surface area contributed by atoms with Crippen LogP contribution in [0.4, 0.5) is 0 Å². The Balaban J connectivity index is 2.55. The maximum absolute atomic E-state index is 11.8. The summed E-state index contributed by atoms with van der Waals surface area (Å²) in [6.07, 6.45) is 3.45. The normalized spacial score (nSPS) is 12.4. The van der Waals surface area contributed by atoms with Crippen molar-refractivity contribution in [1.29, 1.82) is 5.26 Å². The summed E-state index contributed by atoms with van der Waals surface area (Å²) >= 11 is 0. The van der Waals surface area contributed by atoms with Crippen LogP contribution < -0.4 is 10.0 Å². The fourth-order valence-corrected chi connectivity index (χ4v) is 2.38. The number of carbonyl (C=O) groups excluding carboxylic acids is 1. The van der Waals surface area contributed by atoms with Crippen LogP contribution in [0, 0.1) is 11.3 Å². The van der Waals surface area contributed by atoms with Crippen molar-refractivity contribution in [2.75, 3.05) is 6.54 Å². The van der Waals surface area contributed by atoms with E-state index in [2.05, 4.69) is 15.0 Å². The van der Waals surface area contributed by atoms with E-state index in [4.69, 9.17) is 5.26 Å². The number of aromatic nitrogens is 1. The zero-order valence-corrected chi connectivity index (χ0v) is 11.9. The molecule has 0 aliphatic rings. The van der Waals surface area contributed by atoms with Crippen molar-refractivity contribution in [3.8, 4) is 6.07 Å². The molecule has 0 fully saturated rings. The van der Waals surface area contributed by atoms with Crippen molar-refractivity contribution in [2.45, 2.75) is 30.7 Å². The van der Waals surface area contributed by atoms with E-state index in [1.165, 1.54) is 24.5 Å². The summed E-state index contributed by atoms with van der Waals surface area (Å²) in [5.41, 5.74) is 0. The molecule has 1 heterocycles. The van der Waals surface area contributed by atoms with Crippen molar-refractivity contribution < 1.29 is 13.2 Å². The second-order valence-electron chi connectivity index (χ2n) is 4.05. The minimum Gasteiger partial charge on any atom is -0.351 e. The lowest BCUT2D eigenvalue weighted by atomic mass is 10.2. The first-order valence-electron chi connectivity index (χ1n) is 6.05. The predicted molar refractivity (Wildman–Crippen MR) is 71.9 cm³/mol. The van der Waals surface area contributed by atoms with E-state index in [-0.39, 0.29) is 23.9 Å². The van der Waals surface area contributed by atoms with Crippen LogP contribution in [0.2, 0.25) is 0 Å². The Morgan fingerprint density at radius 1 is 1.55 bits per heavy atom. The highest BCUT2D eigenvalue weighted by molar-refractivity contribution is 7.89. The van der Waals surface area contributed by atoms with Gasteiger partial charge in [-0.25, -0.2) is 13.1 Å². The first-order valence-corrected chi connectivity index (χ1v) is 7.54. The molecule has 0 spiro atoms. The van der Waals surface area contributed by atoms with E-state index >= 15 is 0 Å². The number of sulfonamides is 1. The Bertz CT molecular complexity index is 580. The van der Waals surface area contributed by atoms with Gasteiger partial charge in [0.2, 0.25) is 15.9 Å². The van der Waals surface area contributed by atoms with Crippen molar-refractivity contribution >= 4 is 15.9 Å². The first kappa shape index (κ1) is 16.1. The highest BCUT2D eigenvalue weighted by atomic mass is 32.2. The van der Waals surface area contributed by atoms with Gasteiger partial charge >= 0.3 is 0 Å². The number of nitrogens with one attached hydrogen (secondary N) is 2. The second kappa shape index (κ2) is 7.57. The lowest BCUT2D eigenvalue weighted by molar-refractivity contribution is -0.120. The molecule has 0 bridgehead atoms. The van der Waals surface area contributed by atoms with Gasteiger partial charge in [0.15, 0.2) is 0 Å². The van der Waals surface area contributed by atoms with E-state index in [0.29, 0.717) is 6.42 Å². The minimum absolute atomic E-state index is 0.00290. The topological polar surface area (TPSA) is 112 Å². The lowest BCUT2D eigenvalue weighted by Gasteiger charge is -2.13. The molecule has 0 aromatic carbocycles. The molecule has 1 unspecified atom stereocenters. The van der Waals surface area contributed by atoms with E-state index in [9.17, 15) is 13.2 Å². The van der Waals surface area contributed by atoms with Gasteiger partial charge in [0.1, 0.15) is 4.90 Å². The standard InChI is InChI=1S/C12H16N4O3S/c1-2-10(5-6-13)16-12(17)9-15-20(18,19)11-4-3-7-14-8-11/h3-4,7-8,10,15H,2,5,9H2,1H3,(H,16,17). The second-order valence-corrected chi connectivity index (χ2v) is 5.82. The summed E-state index contributed by atoms with van der Waals surface area (Å²) in [6.45, 7) is 1.46. The Labute approximate surface area is 118 Å². The number of pyridine rings is 1. The van der Waals surface area contributed by atoms with Gasteiger partial charge < -0.3 is 5.32 Å². The number of rotatable bonds is 7. The molecule has 1 aromatic rings. The molecular weight excluding hydrogens is 280 g/mol. The van der Waals surface area contributed by atoms with Gasteiger partial charge in [-0.2, -0.15) is 5.26 Å². The number of hydrogen-bond donors (Lipinski definition) is 2. The highest BCUT2D eigenvalue weighted by Gasteiger charge is 2.16. The van der Waals surface area contributed by atoms with Gasteiger partial charge in [0, 0.05) is 18.4 Å². The third kappa shape index (κ3) is 4.95. The van der Waals surface area contributed by atoms with Crippen molar-refractivity contribution in [1.82, 2.24) is 15.0 Å². The van der Waals surface area contributed by atoms with Crippen molar-refractivity contribution in [2.24, 2.45) is 0 Å². The first-order chi connectivity index (χ1) is 9.49. The van der Waals surface area contributed by atoms with Crippen LogP contribution in [-0.4, -0.2) is 31.9 Å². The third-order valence-corrected chi connectivity index (χ3v) is 3.95. The zero-order chi connectivity index (χ0) is 15.0. The summed E-state index contributed by atoms with van der Waals surface area (Å²) in [7, 11) is -3.75. The Morgan fingerprint density at radius 3 is 2.85 bits per heavy atom. The summed E-state index contributed by atoms with van der Waals surface area (Å²) in [4.78, 5) is 15.3.